The molecule has 0 spiro atoms. The Hall–Kier alpha value is -1.71. The lowest BCUT2D eigenvalue weighted by atomic mass is 10.4. The molecular formula is C9H11N3O. The van der Waals surface area contributed by atoms with E-state index in [1.54, 1.807) is 10.6 Å². The van der Waals surface area contributed by atoms with Crippen LogP contribution < -0.4 is 5.32 Å². The summed E-state index contributed by atoms with van der Waals surface area (Å²) < 4.78 is 1.64. The molecule has 0 unspecified atom stereocenters. The van der Waals surface area contributed by atoms with Crippen LogP contribution in [0, 0.1) is 0 Å². The van der Waals surface area contributed by atoms with Crippen LogP contribution in [0.5, 0.6) is 6.01 Å². The highest BCUT2D eigenvalue weighted by molar-refractivity contribution is 5.69. The standard InChI is InChI=1S/C9H11N3O/c1-2-10-8-7-5-3-4-6-12(7)9(13)11-8/h3-6,10H,2H2,1H3,(H,11,13). The Morgan fingerprint density at radius 2 is 2.38 bits per heavy atom. The van der Waals surface area contributed by atoms with E-state index in [2.05, 4.69) is 10.3 Å². The molecule has 0 aromatic carbocycles. The number of imidazole rings is 1. The lowest BCUT2D eigenvalue weighted by Crippen LogP contribution is -1.96. The number of hydrogen-bond donors (Lipinski definition) is 2. The van der Waals surface area contributed by atoms with Crippen molar-refractivity contribution in [2.45, 2.75) is 6.92 Å². The van der Waals surface area contributed by atoms with Crippen LogP contribution in [0.4, 0.5) is 5.82 Å². The van der Waals surface area contributed by atoms with E-state index in [9.17, 15) is 5.11 Å². The van der Waals surface area contributed by atoms with Crippen LogP contribution in [0.1, 0.15) is 6.92 Å². The number of aromatic hydroxyl groups is 1. The maximum absolute atomic E-state index is 9.43. The van der Waals surface area contributed by atoms with Gasteiger partial charge in [-0.3, -0.25) is 4.40 Å². The molecule has 4 nitrogen and oxygen atoms in total. The highest BCUT2D eigenvalue weighted by atomic mass is 16.3. The van der Waals surface area contributed by atoms with E-state index in [0.717, 1.165) is 17.9 Å². The third-order valence-electron chi connectivity index (χ3n) is 1.87. The molecule has 2 heterocycles. The van der Waals surface area contributed by atoms with Gasteiger partial charge in [0.2, 0.25) is 0 Å². The average Bonchev–Trinajstić information content (AvgIpc) is 2.46. The van der Waals surface area contributed by atoms with E-state index in [0.29, 0.717) is 0 Å². The van der Waals surface area contributed by atoms with E-state index < -0.39 is 0 Å². The van der Waals surface area contributed by atoms with Crippen LogP contribution in [0.25, 0.3) is 5.52 Å². The lowest BCUT2D eigenvalue weighted by Gasteiger charge is -1.97. The summed E-state index contributed by atoms with van der Waals surface area (Å²) in [5, 5.41) is 12.5. The molecule has 2 rings (SSSR count). The van der Waals surface area contributed by atoms with Gasteiger partial charge in [-0.1, -0.05) is 6.07 Å². The van der Waals surface area contributed by atoms with Crippen LogP contribution in [-0.2, 0) is 0 Å². The number of anilines is 1. The first kappa shape index (κ1) is 7.91. The monoisotopic (exact) mass is 177 g/mol. The minimum absolute atomic E-state index is 0.0200. The molecule has 4 heteroatoms. The van der Waals surface area contributed by atoms with Crippen LogP contribution in [0.3, 0.4) is 0 Å². The molecule has 2 aromatic rings. The van der Waals surface area contributed by atoms with Gasteiger partial charge in [0.15, 0.2) is 5.82 Å². The average molecular weight is 177 g/mol. The van der Waals surface area contributed by atoms with Gasteiger partial charge in [-0.15, -0.1) is 0 Å². The molecule has 0 saturated carbocycles. The largest absolute Gasteiger partial charge is 0.480 e. The zero-order valence-electron chi connectivity index (χ0n) is 7.36. The van der Waals surface area contributed by atoms with E-state index >= 15 is 0 Å². The smallest absolute Gasteiger partial charge is 0.300 e. The first-order chi connectivity index (χ1) is 6.33. The molecule has 13 heavy (non-hydrogen) atoms. The molecule has 0 atom stereocenters. The van der Waals surface area contributed by atoms with Crippen molar-refractivity contribution in [2.75, 3.05) is 11.9 Å². The predicted octanol–water partition coefficient (Wildman–Crippen LogP) is 1.47. The van der Waals surface area contributed by atoms with Gasteiger partial charge in [-0.05, 0) is 19.1 Å². The van der Waals surface area contributed by atoms with Crippen molar-refractivity contribution in [1.82, 2.24) is 9.38 Å². The molecule has 0 aliphatic rings. The topological polar surface area (TPSA) is 49.6 Å². The van der Waals surface area contributed by atoms with Crippen molar-refractivity contribution in [3.8, 4) is 6.01 Å². The first-order valence-electron chi connectivity index (χ1n) is 4.23. The van der Waals surface area contributed by atoms with Crippen LogP contribution >= 0.6 is 0 Å². The SMILES string of the molecule is CCNc1nc(O)n2ccccc12. The fourth-order valence-corrected chi connectivity index (χ4v) is 1.32. The summed E-state index contributed by atoms with van der Waals surface area (Å²) in [5.74, 6) is 0.723. The van der Waals surface area contributed by atoms with Gasteiger partial charge >= 0.3 is 6.01 Å². The number of pyridine rings is 1. The van der Waals surface area contributed by atoms with Crippen molar-refractivity contribution in [1.29, 1.82) is 0 Å². The van der Waals surface area contributed by atoms with Gasteiger partial charge in [0.05, 0.1) is 5.52 Å². The highest BCUT2D eigenvalue weighted by Crippen LogP contribution is 2.20. The molecule has 0 radical (unpaired) electrons. The summed E-state index contributed by atoms with van der Waals surface area (Å²) in [6.45, 7) is 2.78. The van der Waals surface area contributed by atoms with Crippen LogP contribution in [-0.4, -0.2) is 21.0 Å². The summed E-state index contributed by atoms with van der Waals surface area (Å²) in [6.07, 6.45) is 1.78. The van der Waals surface area contributed by atoms with Gasteiger partial charge in [0, 0.05) is 12.7 Å². The van der Waals surface area contributed by atoms with Gasteiger partial charge in [-0.2, -0.15) is 4.98 Å². The molecule has 0 fully saturated rings. The Morgan fingerprint density at radius 1 is 1.54 bits per heavy atom. The van der Waals surface area contributed by atoms with E-state index in [4.69, 9.17) is 0 Å². The third-order valence-corrected chi connectivity index (χ3v) is 1.87. The van der Waals surface area contributed by atoms with Gasteiger partial charge in [0.25, 0.3) is 0 Å². The van der Waals surface area contributed by atoms with Crippen molar-refractivity contribution in [3.63, 3.8) is 0 Å². The van der Waals surface area contributed by atoms with Crippen LogP contribution in [0.2, 0.25) is 0 Å². The second-order valence-electron chi connectivity index (χ2n) is 2.75. The number of aromatic nitrogens is 2. The zero-order valence-corrected chi connectivity index (χ0v) is 7.36. The molecular weight excluding hydrogens is 166 g/mol. The van der Waals surface area contributed by atoms with E-state index in [1.807, 2.05) is 25.1 Å². The van der Waals surface area contributed by atoms with Crippen LogP contribution in [0.15, 0.2) is 24.4 Å². The molecule has 2 N–H and O–H groups in total. The normalized spacial score (nSPS) is 10.5. The second-order valence-corrected chi connectivity index (χ2v) is 2.75. The van der Waals surface area contributed by atoms with E-state index in [1.165, 1.54) is 0 Å². The summed E-state index contributed by atoms with van der Waals surface area (Å²) in [6, 6.07) is 5.69. The Balaban J connectivity index is 2.63. The van der Waals surface area contributed by atoms with Gasteiger partial charge in [0.1, 0.15) is 0 Å². The maximum Gasteiger partial charge on any atom is 0.300 e. The summed E-state index contributed by atoms with van der Waals surface area (Å²) in [7, 11) is 0. The van der Waals surface area contributed by atoms with Crippen molar-refractivity contribution in [2.24, 2.45) is 0 Å². The molecule has 2 aromatic heterocycles. The maximum atomic E-state index is 9.43. The van der Waals surface area contributed by atoms with Crippen molar-refractivity contribution < 1.29 is 5.11 Å². The number of fused-ring (bicyclic) bond motifs is 1. The third kappa shape index (κ3) is 1.20. The van der Waals surface area contributed by atoms with Crippen molar-refractivity contribution in [3.05, 3.63) is 24.4 Å². The zero-order chi connectivity index (χ0) is 9.26. The Kier molecular flexibility index (Phi) is 1.81. The Morgan fingerprint density at radius 3 is 3.15 bits per heavy atom. The number of hydrogen-bond acceptors (Lipinski definition) is 3. The second kappa shape index (κ2) is 2.97. The Labute approximate surface area is 75.8 Å². The predicted molar refractivity (Wildman–Crippen MR) is 51.0 cm³/mol. The summed E-state index contributed by atoms with van der Waals surface area (Å²) >= 11 is 0. The fraction of sp³-hybridized carbons (Fsp3) is 0.222. The van der Waals surface area contributed by atoms with Gasteiger partial charge < -0.3 is 10.4 Å². The van der Waals surface area contributed by atoms with Crippen molar-refractivity contribution >= 4 is 11.3 Å². The minimum atomic E-state index is 0.0200. The molecule has 0 saturated heterocycles. The molecule has 68 valence electrons. The first-order valence-corrected chi connectivity index (χ1v) is 4.23. The van der Waals surface area contributed by atoms with Gasteiger partial charge in [-0.25, -0.2) is 0 Å². The highest BCUT2D eigenvalue weighted by Gasteiger charge is 2.06. The minimum Gasteiger partial charge on any atom is -0.480 e. The van der Waals surface area contributed by atoms with E-state index in [-0.39, 0.29) is 6.01 Å². The molecule has 0 aliphatic carbocycles. The number of nitrogens with zero attached hydrogens (tertiary/aromatic N) is 2. The Bertz CT molecular complexity index is 422. The number of nitrogens with one attached hydrogen (secondary N) is 1. The lowest BCUT2D eigenvalue weighted by molar-refractivity contribution is 0.428. The summed E-state index contributed by atoms with van der Waals surface area (Å²) in [5.41, 5.74) is 0.891. The molecule has 0 amide bonds. The quantitative estimate of drug-likeness (QED) is 0.730. The molecule has 0 bridgehead atoms. The fourth-order valence-electron chi connectivity index (χ4n) is 1.32. The number of rotatable bonds is 2. The molecule has 0 aliphatic heterocycles. The summed E-state index contributed by atoms with van der Waals surface area (Å²) in [4.78, 5) is 3.99.